The van der Waals surface area contributed by atoms with Crippen molar-refractivity contribution < 1.29 is 22.3 Å². The lowest BCUT2D eigenvalue weighted by molar-refractivity contribution is 0.187. The first-order chi connectivity index (χ1) is 16.8. The van der Waals surface area contributed by atoms with Crippen molar-refractivity contribution in [3.63, 3.8) is 0 Å². The van der Waals surface area contributed by atoms with Gasteiger partial charge in [0.15, 0.2) is 17.8 Å². The molecule has 0 amide bonds. The predicted molar refractivity (Wildman–Crippen MR) is 133 cm³/mol. The van der Waals surface area contributed by atoms with Crippen molar-refractivity contribution in [1.29, 1.82) is 0 Å². The molecule has 0 bridgehead atoms. The van der Waals surface area contributed by atoms with Crippen LogP contribution in [0.1, 0.15) is 18.9 Å². The highest BCUT2D eigenvalue weighted by Gasteiger charge is 2.12. The van der Waals surface area contributed by atoms with Crippen LogP contribution in [0, 0.1) is 23.5 Å². The van der Waals surface area contributed by atoms with E-state index in [9.17, 15) is 17.6 Å². The fourth-order valence-corrected chi connectivity index (χ4v) is 3.45. The SMILES string of the molecule is C=C(CCc1ccc(-c2ccc(-c3cccc(F)c3F)cc2)cc1)C(F)C#CC(F)C(=C)OCC. The number of allylic oxidation sites excluding steroid dienone is 2. The van der Waals surface area contributed by atoms with Crippen molar-refractivity contribution in [3.8, 4) is 34.1 Å². The van der Waals surface area contributed by atoms with Gasteiger partial charge in [-0.1, -0.05) is 85.7 Å². The number of hydrogen-bond donors (Lipinski definition) is 0. The maximum atomic E-state index is 14.2. The lowest BCUT2D eigenvalue weighted by Gasteiger charge is -2.09. The molecule has 1 nitrogen and oxygen atoms in total. The van der Waals surface area contributed by atoms with Crippen molar-refractivity contribution in [1.82, 2.24) is 0 Å². The molecule has 5 heteroatoms. The number of halogens is 4. The van der Waals surface area contributed by atoms with E-state index < -0.39 is 24.0 Å². The molecule has 0 saturated heterocycles. The molecule has 180 valence electrons. The van der Waals surface area contributed by atoms with Gasteiger partial charge in [-0.15, -0.1) is 0 Å². The van der Waals surface area contributed by atoms with Crippen molar-refractivity contribution in [3.05, 3.63) is 108 Å². The molecular weight excluding hydrogens is 452 g/mol. The van der Waals surface area contributed by atoms with E-state index in [2.05, 4.69) is 25.0 Å². The quantitative estimate of drug-likeness (QED) is 0.131. The third-order valence-corrected chi connectivity index (χ3v) is 5.48. The molecule has 35 heavy (non-hydrogen) atoms. The molecule has 2 atom stereocenters. The van der Waals surface area contributed by atoms with Gasteiger partial charge in [0.1, 0.15) is 5.76 Å². The van der Waals surface area contributed by atoms with Gasteiger partial charge in [-0.05, 0) is 53.7 Å². The highest BCUT2D eigenvalue weighted by molar-refractivity contribution is 5.70. The van der Waals surface area contributed by atoms with Gasteiger partial charge in [-0.2, -0.15) is 0 Å². The Hall–Kier alpha value is -3.78. The lowest BCUT2D eigenvalue weighted by atomic mass is 9.97. The number of ether oxygens (including phenoxy) is 1. The zero-order chi connectivity index (χ0) is 25.4. The Morgan fingerprint density at radius 3 is 2.03 bits per heavy atom. The van der Waals surface area contributed by atoms with Crippen LogP contribution in [-0.2, 0) is 11.2 Å². The van der Waals surface area contributed by atoms with Gasteiger partial charge in [-0.3, -0.25) is 0 Å². The van der Waals surface area contributed by atoms with Crippen LogP contribution in [0.25, 0.3) is 22.3 Å². The van der Waals surface area contributed by atoms with E-state index in [0.717, 1.165) is 22.8 Å². The number of aryl methyl sites for hydroxylation is 1. The van der Waals surface area contributed by atoms with Crippen molar-refractivity contribution >= 4 is 0 Å². The van der Waals surface area contributed by atoms with Crippen LogP contribution in [0.4, 0.5) is 17.6 Å². The number of rotatable bonds is 9. The van der Waals surface area contributed by atoms with E-state index in [4.69, 9.17) is 4.74 Å². The Balaban J connectivity index is 1.58. The molecule has 0 aliphatic rings. The molecule has 3 aromatic rings. The third-order valence-electron chi connectivity index (χ3n) is 5.48. The molecule has 0 saturated carbocycles. The van der Waals surface area contributed by atoms with Crippen LogP contribution in [0.3, 0.4) is 0 Å². The van der Waals surface area contributed by atoms with Crippen molar-refractivity contribution in [2.24, 2.45) is 0 Å². The smallest absolute Gasteiger partial charge is 0.216 e. The van der Waals surface area contributed by atoms with Crippen LogP contribution in [-0.4, -0.2) is 19.0 Å². The minimum Gasteiger partial charge on any atom is -0.495 e. The normalized spacial score (nSPS) is 12.3. The van der Waals surface area contributed by atoms with E-state index in [1.54, 1.807) is 19.1 Å². The average molecular weight is 479 g/mol. The van der Waals surface area contributed by atoms with Gasteiger partial charge in [-0.25, -0.2) is 17.6 Å². The molecule has 0 fully saturated rings. The Morgan fingerprint density at radius 2 is 1.40 bits per heavy atom. The highest BCUT2D eigenvalue weighted by Crippen LogP contribution is 2.28. The first-order valence-electron chi connectivity index (χ1n) is 11.2. The summed E-state index contributed by atoms with van der Waals surface area (Å²) in [5, 5.41) is 0. The maximum absolute atomic E-state index is 14.2. The van der Waals surface area contributed by atoms with Gasteiger partial charge < -0.3 is 4.74 Å². The van der Waals surface area contributed by atoms with Crippen molar-refractivity contribution in [2.45, 2.75) is 32.1 Å². The largest absolute Gasteiger partial charge is 0.495 e. The average Bonchev–Trinajstić information content (AvgIpc) is 2.87. The second kappa shape index (κ2) is 12.1. The summed E-state index contributed by atoms with van der Waals surface area (Å²) in [6.07, 6.45) is -2.45. The second-order valence-electron chi connectivity index (χ2n) is 7.95. The van der Waals surface area contributed by atoms with Crippen LogP contribution in [0.15, 0.2) is 91.2 Å². The van der Waals surface area contributed by atoms with E-state index in [-0.39, 0.29) is 23.5 Å². The van der Waals surface area contributed by atoms with Gasteiger partial charge in [0, 0.05) is 5.56 Å². The Labute approximate surface area is 203 Å². The monoisotopic (exact) mass is 478 g/mol. The Kier molecular flexibility index (Phi) is 8.92. The van der Waals surface area contributed by atoms with E-state index in [1.165, 1.54) is 12.1 Å². The summed E-state index contributed by atoms with van der Waals surface area (Å²) in [5.74, 6) is 2.53. The molecule has 0 heterocycles. The first kappa shape index (κ1) is 25.8. The van der Waals surface area contributed by atoms with Crippen molar-refractivity contribution in [2.75, 3.05) is 6.61 Å². The van der Waals surface area contributed by atoms with Gasteiger partial charge in [0.05, 0.1) is 6.61 Å². The third kappa shape index (κ3) is 6.86. The lowest BCUT2D eigenvalue weighted by Crippen LogP contribution is -2.07. The standard InChI is InChI=1S/C30H26F4O/c1-4-35-21(3)28(32)19-18-27(31)20(2)8-9-22-10-12-23(13-11-22)24-14-16-25(17-15-24)26-6-5-7-29(33)30(26)34/h5-7,10-17,27-28H,2-4,8-9H2,1H3. The Morgan fingerprint density at radius 1 is 0.829 bits per heavy atom. The molecule has 0 N–H and O–H groups in total. The van der Waals surface area contributed by atoms with E-state index >= 15 is 0 Å². The second-order valence-corrected chi connectivity index (χ2v) is 7.95. The number of hydrogen-bond acceptors (Lipinski definition) is 1. The topological polar surface area (TPSA) is 9.23 Å². The molecular formula is C30H26F4O. The summed E-state index contributed by atoms with van der Waals surface area (Å²) < 4.78 is 60.5. The zero-order valence-electron chi connectivity index (χ0n) is 19.5. The van der Waals surface area contributed by atoms with Crippen LogP contribution in [0.2, 0.25) is 0 Å². The number of alkyl halides is 2. The molecule has 3 aromatic carbocycles. The number of benzene rings is 3. The minimum absolute atomic E-state index is 0.131. The minimum atomic E-state index is -1.74. The first-order valence-corrected chi connectivity index (χ1v) is 11.2. The molecule has 0 radical (unpaired) electrons. The summed E-state index contributed by atoms with van der Waals surface area (Å²) >= 11 is 0. The molecule has 3 rings (SSSR count). The van der Waals surface area contributed by atoms with Crippen LogP contribution >= 0.6 is 0 Å². The fraction of sp³-hybridized carbons (Fsp3) is 0.200. The van der Waals surface area contributed by atoms with Gasteiger partial charge >= 0.3 is 0 Å². The molecule has 0 spiro atoms. The van der Waals surface area contributed by atoms with Gasteiger partial charge in [0.2, 0.25) is 6.17 Å². The van der Waals surface area contributed by atoms with Gasteiger partial charge in [0.25, 0.3) is 0 Å². The Bertz CT molecular complexity index is 1230. The zero-order valence-corrected chi connectivity index (χ0v) is 19.5. The van der Waals surface area contributed by atoms with Crippen LogP contribution in [0.5, 0.6) is 0 Å². The highest BCUT2D eigenvalue weighted by atomic mass is 19.2. The summed E-state index contributed by atoms with van der Waals surface area (Å²) in [4.78, 5) is 0. The molecule has 2 unspecified atom stereocenters. The molecule has 0 aliphatic carbocycles. The summed E-state index contributed by atoms with van der Waals surface area (Å²) in [6, 6.07) is 19.1. The van der Waals surface area contributed by atoms with E-state index in [1.807, 2.05) is 36.4 Å². The fourth-order valence-electron chi connectivity index (χ4n) is 3.45. The summed E-state index contributed by atoms with van der Waals surface area (Å²) in [6.45, 7) is 9.13. The van der Waals surface area contributed by atoms with E-state index in [0.29, 0.717) is 18.4 Å². The van der Waals surface area contributed by atoms with Crippen LogP contribution < -0.4 is 0 Å². The molecule has 0 aliphatic heterocycles. The maximum Gasteiger partial charge on any atom is 0.216 e. The molecule has 0 aromatic heterocycles. The predicted octanol–water partition coefficient (Wildman–Crippen LogP) is 8.02. The summed E-state index contributed by atoms with van der Waals surface area (Å²) in [5.41, 5.74) is 3.94. The summed E-state index contributed by atoms with van der Waals surface area (Å²) in [7, 11) is 0.